The molecule has 20 heavy (non-hydrogen) atoms. The smallest absolute Gasteiger partial charge is 0.192 e. The van der Waals surface area contributed by atoms with Crippen molar-refractivity contribution in [3.05, 3.63) is 71.8 Å². The second-order valence-corrected chi connectivity index (χ2v) is 3.62. The SMILES string of the molecule is C=C(C)/C=C\C(=C/C)C(=O)c1ccccc1.CC.CC. The van der Waals surface area contributed by atoms with Crippen molar-refractivity contribution in [1.82, 2.24) is 0 Å². The fraction of sp³-hybridized carbons (Fsp3) is 0.316. The fourth-order valence-corrected chi connectivity index (χ4v) is 1.29. The van der Waals surface area contributed by atoms with E-state index in [2.05, 4.69) is 6.58 Å². The van der Waals surface area contributed by atoms with E-state index in [9.17, 15) is 4.79 Å². The third kappa shape index (κ3) is 8.25. The van der Waals surface area contributed by atoms with Crippen molar-refractivity contribution in [1.29, 1.82) is 0 Å². The Morgan fingerprint density at radius 2 is 1.50 bits per heavy atom. The molecule has 0 bridgehead atoms. The van der Waals surface area contributed by atoms with E-state index in [-0.39, 0.29) is 5.78 Å². The maximum Gasteiger partial charge on any atom is 0.192 e. The first kappa shape index (κ1) is 20.4. The second-order valence-electron chi connectivity index (χ2n) is 3.62. The van der Waals surface area contributed by atoms with Crippen LogP contribution in [0.4, 0.5) is 0 Å². The number of Topliss-reactive ketones (excluding diaryl/α,β-unsaturated/α-hetero) is 1. The van der Waals surface area contributed by atoms with Crippen LogP contribution in [0.25, 0.3) is 0 Å². The van der Waals surface area contributed by atoms with E-state index in [0.717, 1.165) is 5.57 Å². The summed E-state index contributed by atoms with van der Waals surface area (Å²) in [6.07, 6.45) is 5.46. The zero-order valence-electron chi connectivity index (χ0n) is 13.7. The Labute approximate surface area is 124 Å². The van der Waals surface area contributed by atoms with Crippen LogP contribution in [0.3, 0.4) is 0 Å². The maximum atomic E-state index is 12.0. The molecule has 0 aliphatic rings. The summed E-state index contributed by atoms with van der Waals surface area (Å²) < 4.78 is 0. The Kier molecular flexibility index (Phi) is 13.8. The number of rotatable bonds is 4. The summed E-state index contributed by atoms with van der Waals surface area (Å²) in [5.41, 5.74) is 2.33. The lowest BCUT2D eigenvalue weighted by Gasteiger charge is -2.01. The molecule has 0 N–H and O–H groups in total. The molecule has 0 saturated carbocycles. The first-order chi connectivity index (χ1) is 9.65. The first-order valence-electron chi connectivity index (χ1n) is 7.25. The minimum atomic E-state index is 0.0422. The largest absolute Gasteiger partial charge is 0.289 e. The van der Waals surface area contributed by atoms with Crippen molar-refractivity contribution in [2.75, 3.05) is 0 Å². The fourth-order valence-electron chi connectivity index (χ4n) is 1.29. The molecule has 0 heterocycles. The van der Waals surface area contributed by atoms with E-state index in [1.54, 1.807) is 6.08 Å². The molecule has 1 rings (SSSR count). The molecule has 1 nitrogen and oxygen atoms in total. The average molecular weight is 272 g/mol. The molecule has 0 aliphatic heterocycles. The van der Waals surface area contributed by atoms with Crippen LogP contribution in [0, 0.1) is 0 Å². The van der Waals surface area contributed by atoms with Crippen molar-refractivity contribution >= 4 is 5.78 Å². The van der Waals surface area contributed by atoms with Crippen LogP contribution in [-0.4, -0.2) is 5.78 Å². The Morgan fingerprint density at radius 3 is 1.90 bits per heavy atom. The van der Waals surface area contributed by atoms with E-state index >= 15 is 0 Å². The molecule has 0 aliphatic carbocycles. The van der Waals surface area contributed by atoms with Crippen LogP contribution >= 0.6 is 0 Å². The highest BCUT2D eigenvalue weighted by molar-refractivity contribution is 6.10. The van der Waals surface area contributed by atoms with Crippen molar-refractivity contribution in [2.24, 2.45) is 0 Å². The van der Waals surface area contributed by atoms with Crippen LogP contribution < -0.4 is 0 Å². The van der Waals surface area contributed by atoms with Crippen molar-refractivity contribution < 1.29 is 4.79 Å². The number of carbonyl (C=O) groups excluding carboxylic acids is 1. The summed E-state index contributed by atoms with van der Waals surface area (Å²) in [5, 5.41) is 0. The molecule has 0 unspecified atom stereocenters. The summed E-state index contributed by atoms with van der Waals surface area (Å²) in [6, 6.07) is 9.27. The van der Waals surface area contributed by atoms with Crippen molar-refractivity contribution in [2.45, 2.75) is 41.5 Å². The Hall–Kier alpha value is -1.89. The summed E-state index contributed by atoms with van der Waals surface area (Å²) >= 11 is 0. The van der Waals surface area contributed by atoms with E-state index in [0.29, 0.717) is 11.1 Å². The van der Waals surface area contributed by atoms with Gasteiger partial charge < -0.3 is 0 Å². The third-order valence-electron chi connectivity index (χ3n) is 2.16. The highest BCUT2D eigenvalue weighted by atomic mass is 16.1. The third-order valence-corrected chi connectivity index (χ3v) is 2.16. The van der Waals surface area contributed by atoms with E-state index in [4.69, 9.17) is 0 Å². The Morgan fingerprint density at radius 1 is 1.00 bits per heavy atom. The topological polar surface area (TPSA) is 17.1 Å². The van der Waals surface area contributed by atoms with Gasteiger partial charge in [-0.05, 0) is 13.8 Å². The van der Waals surface area contributed by atoms with Gasteiger partial charge in [0.1, 0.15) is 0 Å². The van der Waals surface area contributed by atoms with E-state index < -0.39 is 0 Å². The van der Waals surface area contributed by atoms with Gasteiger partial charge in [-0.2, -0.15) is 0 Å². The molecular formula is C19H28O. The molecule has 0 aromatic heterocycles. The van der Waals surface area contributed by atoms with E-state index in [1.807, 2.05) is 84.0 Å². The minimum absolute atomic E-state index is 0.0422. The predicted octanol–water partition coefficient (Wildman–Crippen LogP) is 6.00. The standard InChI is InChI=1S/C15H16O.2C2H6/c1-4-13(11-10-12(2)3)15(16)14-8-6-5-7-9-14;2*1-2/h4-11H,2H2,1,3H3;2*1-2H3/b11-10-,13-4+;;. The molecule has 0 saturated heterocycles. The Balaban J connectivity index is 0. The van der Waals surface area contributed by atoms with E-state index in [1.165, 1.54) is 0 Å². The molecule has 0 amide bonds. The molecule has 110 valence electrons. The molecule has 1 aromatic carbocycles. The van der Waals surface area contributed by atoms with Gasteiger partial charge in [-0.15, -0.1) is 0 Å². The van der Waals surface area contributed by atoms with Gasteiger partial charge in [-0.25, -0.2) is 0 Å². The monoisotopic (exact) mass is 272 g/mol. The lowest BCUT2D eigenvalue weighted by molar-refractivity contribution is 0.103. The number of carbonyl (C=O) groups is 1. The Bertz CT molecular complexity index is 436. The summed E-state index contributed by atoms with van der Waals surface area (Å²) in [6.45, 7) is 15.5. The van der Waals surface area contributed by atoms with Gasteiger partial charge in [0.2, 0.25) is 0 Å². The van der Waals surface area contributed by atoms with Gasteiger partial charge in [0.05, 0.1) is 0 Å². The molecule has 0 fully saturated rings. The van der Waals surface area contributed by atoms with Gasteiger partial charge in [-0.1, -0.05) is 88.4 Å². The lowest BCUT2D eigenvalue weighted by Crippen LogP contribution is -2.00. The number of benzene rings is 1. The summed E-state index contributed by atoms with van der Waals surface area (Å²) in [5.74, 6) is 0.0422. The second kappa shape index (κ2) is 13.5. The number of allylic oxidation sites excluding steroid dienone is 5. The van der Waals surface area contributed by atoms with Crippen molar-refractivity contribution in [3.8, 4) is 0 Å². The van der Waals surface area contributed by atoms with Crippen molar-refractivity contribution in [3.63, 3.8) is 0 Å². The van der Waals surface area contributed by atoms with Gasteiger partial charge >= 0.3 is 0 Å². The quantitative estimate of drug-likeness (QED) is 0.373. The van der Waals surface area contributed by atoms with Crippen LogP contribution in [0.15, 0.2) is 66.3 Å². The number of hydrogen-bond donors (Lipinski definition) is 0. The molecule has 0 radical (unpaired) electrons. The molecule has 0 spiro atoms. The first-order valence-corrected chi connectivity index (χ1v) is 7.25. The highest BCUT2D eigenvalue weighted by Gasteiger charge is 2.07. The van der Waals surface area contributed by atoms with Crippen LogP contribution in [0.2, 0.25) is 0 Å². The average Bonchev–Trinajstić information content (AvgIpc) is 2.52. The normalized spacial score (nSPS) is 10.0. The maximum absolute atomic E-state index is 12.0. The van der Waals surface area contributed by atoms with Gasteiger partial charge in [-0.3, -0.25) is 4.79 Å². The lowest BCUT2D eigenvalue weighted by atomic mass is 10.0. The van der Waals surface area contributed by atoms with Crippen LogP contribution in [0.1, 0.15) is 51.9 Å². The minimum Gasteiger partial charge on any atom is -0.289 e. The zero-order chi connectivity index (χ0) is 16.0. The molecule has 0 atom stereocenters. The highest BCUT2D eigenvalue weighted by Crippen LogP contribution is 2.10. The van der Waals surface area contributed by atoms with Crippen LogP contribution in [0.5, 0.6) is 0 Å². The van der Waals surface area contributed by atoms with Gasteiger partial charge in [0, 0.05) is 11.1 Å². The number of hydrogen-bond acceptors (Lipinski definition) is 1. The molecule has 1 aromatic rings. The predicted molar refractivity (Wildman–Crippen MR) is 91.2 cm³/mol. The summed E-state index contributed by atoms with van der Waals surface area (Å²) in [7, 11) is 0. The van der Waals surface area contributed by atoms with Crippen LogP contribution in [-0.2, 0) is 0 Å². The molecular weight excluding hydrogens is 244 g/mol. The zero-order valence-corrected chi connectivity index (χ0v) is 13.7. The molecule has 1 heteroatoms. The number of ketones is 1. The summed E-state index contributed by atoms with van der Waals surface area (Å²) in [4.78, 5) is 12.0. The van der Waals surface area contributed by atoms with Gasteiger partial charge in [0.25, 0.3) is 0 Å². The van der Waals surface area contributed by atoms with Gasteiger partial charge in [0.15, 0.2) is 5.78 Å².